The molecule has 0 radical (unpaired) electrons. The van der Waals surface area contributed by atoms with Gasteiger partial charge in [-0.2, -0.15) is 0 Å². The Hall–Kier alpha value is -3.58. The van der Waals surface area contributed by atoms with Crippen molar-refractivity contribution >= 4 is 17.4 Å². The minimum Gasteiger partial charge on any atom is -0.507 e. The maximum atomic E-state index is 13.0. The van der Waals surface area contributed by atoms with Crippen LogP contribution in [0.5, 0.6) is 11.5 Å². The van der Waals surface area contributed by atoms with E-state index in [0.29, 0.717) is 35.8 Å². The Labute approximate surface area is 193 Å². The Kier molecular flexibility index (Phi) is 7.90. The third-order valence-corrected chi connectivity index (χ3v) is 5.34. The molecule has 2 aromatic rings. The van der Waals surface area contributed by atoms with Crippen LogP contribution in [0.25, 0.3) is 5.76 Å². The van der Waals surface area contributed by atoms with E-state index in [1.165, 1.54) is 12.0 Å². The van der Waals surface area contributed by atoms with Crippen molar-refractivity contribution in [2.45, 2.75) is 19.9 Å². The summed E-state index contributed by atoms with van der Waals surface area (Å²) >= 11 is 0. The van der Waals surface area contributed by atoms with E-state index in [2.05, 4.69) is 6.58 Å². The van der Waals surface area contributed by atoms with Gasteiger partial charge in [-0.15, -0.1) is 0 Å². The van der Waals surface area contributed by atoms with Crippen LogP contribution in [0.3, 0.4) is 0 Å². The van der Waals surface area contributed by atoms with Crippen molar-refractivity contribution in [3.63, 3.8) is 0 Å². The average Bonchev–Trinajstić information content (AvgIpc) is 3.07. The zero-order chi connectivity index (χ0) is 24.0. The van der Waals surface area contributed by atoms with Gasteiger partial charge in [-0.1, -0.05) is 48.6 Å². The van der Waals surface area contributed by atoms with E-state index in [-0.39, 0.29) is 24.5 Å². The van der Waals surface area contributed by atoms with Gasteiger partial charge in [0.05, 0.1) is 24.8 Å². The van der Waals surface area contributed by atoms with Gasteiger partial charge in [0, 0.05) is 19.2 Å². The van der Waals surface area contributed by atoms with Crippen LogP contribution in [0.1, 0.15) is 29.7 Å². The first-order valence-corrected chi connectivity index (χ1v) is 10.8. The molecule has 7 nitrogen and oxygen atoms in total. The maximum Gasteiger partial charge on any atom is 0.295 e. The van der Waals surface area contributed by atoms with Gasteiger partial charge >= 0.3 is 0 Å². The van der Waals surface area contributed by atoms with Gasteiger partial charge in [0.15, 0.2) is 11.5 Å². The molecule has 0 aromatic heterocycles. The predicted molar refractivity (Wildman–Crippen MR) is 125 cm³/mol. The second-order valence-electron chi connectivity index (χ2n) is 7.59. The maximum absolute atomic E-state index is 13.0. The van der Waals surface area contributed by atoms with Crippen LogP contribution in [0.4, 0.5) is 0 Å². The number of Topliss-reactive ketones (excluding diaryl/α,β-unsaturated/α-hetero) is 1. The Morgan fingerprint density at radius 2 is 1.85 bits per heavy atom. The molecule has 3 rings (SSSR count). The lowest BCUT2D eigenvalue weighted by Gasteiger charge is -2.26. The second-order valence-corrected chi connectivity index (χ2v) is 7.59. The summed E-state index contributed by atoms with van der Waals surface area (Å²) in [6.07, 6.45) is 1.63. The number of hydrogen-bond acceptors (Lipinski definition) is 6. The SMILES string of the molecule is C=CCOc1ccc(C2/C(=C(\O)c3ccc(C)cc3)C(=O)C(=O)N2CCOC)cc1OCC. The standard InChI is InChI=1S/C26H29NO6/c1-5-14-33-20-12-11-19(16-21(20)32-6-2)23-22(24(28)18-9-7-17(3)8-10-18)25(29)26(30)27(23)13-15-31-4/h5,7-12,16,23,28H,1,6,13-15H2,2-4H3/b24-22+. The summed E-state index contributed by atoms with van der Waals surface area (Å²) in [5.74, 6) is -0.643. The number of aliphatic hydroxyl groups is 1. The average molecular weight is 452 g/mol. The van der Waals surface area contributed by atoms with Crippen LogP contribution in [0, 0.1) is 6.92 Å². The van der Waals surface area contributed by atoms with Crippen molar-refractivity contribution in [3.05, 3.63) is 77.4 Å². The summed E-state index contributed by atoms with van der Waals surface area (Å²) in [5, 5.41) is 11.1. The van der Waals surface area contributed by atoms with Gasteiger partial charge < -0.3 is 24.2 Å². The highest BCUT2D eigenvalue weighted by molar-refractivity contribution is 6.46. The number of aryl methyl sites for hydroxylation is 1. The van der Waals surface area contributed by atoms with Crippen molar-refractivity contribution in [3.8, 4) is 11.5 Å². The minimum absolute atomic E-state index is 0.0298. The molecule has 2 aromatic carbocycles. The molecule has 7 heteroatoms. The predicted octanol–water partition coefficient (Wildman–Crippen LogP) is 4.03. The number of rotatable bonds is 10. The smallest absolute Gasteiger partial charge is 0.295 e. The van der Waals surface area contributed by atoms with Crippen molar-refractivity contribution in [1.29, 1.82) is 0 Å². The first kappa shape index (κ1) is 24.1. The molecule has 0 aliphatic carbocycles. The number of aliphatic hydroxyl groups excluding tert-OH is 1. The number of ether oxygens (including phenoxy) is 3. The molecular weight excluding hydrogens is 422 g/mol. The fourth-order valence-electron chi connectivity index (χ4n) is 3.74. The molecule has 0 bridgehead atoms. The third kappa shape index (κ3) is 5.09. The summed E-state index contributed by atoms with van der Waals surface area (Å²) < 4.78 is 16.6. The van der Waals surface area contributed by atoms with E-state index in [1.54, 1.807) is 36.4 Å². The van der Waals surface area contributed by atoms with Gasteiger partial charge in [-0.25, -0.2) is 0 Å². The van der Waals surface area contributed by atoms with Gasteiger partial charge in [-0.3, -0.25) is 9.59 Å². The summed E-state index contributed by atoms with van der Waals surface area (Å²) in [7, 11) is 1.52. The first-order valence-electron chi connectivity index (χ1n) is 10.8. The van der Waals surface area contributed by atoms with Crippen LogP contribution in [0.15, 0.2) is 60.7 Å². The van der Waals surface area contributed by atoms with Gasteiger partial charge in [0.1, 0.15) is 12.4 Å². The highest BCUT2D eigenvalue weighted by atomic mass is 16.5. The number of likely N-dealkylation sites (tertiary alicyclic amines) is 1. The molecule has 1 fully saturated rings. The fourth-order valence-corrected chi connectivity index (χ4v) is 3.74. The normalized spacial score (nSPS) is 17.3. The minimum atomic E-state index is -0.797. The first-order chi connectivity index (χ1) is 15.9. The number of amides is 1. The molecule has 1 aliphatic rings. The molecule has 0 saturated carbocycles. The van der Waals surface area contributed by atoms with Crippen LogP contribution in [-0.2, 0) is 14.3 Å². The monoisotopic (exact) mass is 451 g/mol. The summed E-state index contributed by atoms with van der Waals surface area (Å²) in [6, 6.07) is 11.6. The summed E-state index contributed by atoms with van der Waals surface area (Å²) in [6.45, 7) is 8.58. The van der Waals surface area contributed by atoms with Crippen molar-refractivity contribution in [1.82, 2.24) is 4.90 Å². The van der Waals surface area contributed by atoms with E-state index in [1.807, 2.05) is 26.0 Å². The molecule has 1 unspecified atom stereocenters. The number of carbonyl (C=O) groups excluding carboxylic acids is 2. The van der Waals surface area contributed by atoms with Crippen molar-refractivity contribution < 1.29 is 28.9 Å². The molecule has 0 spiro atoms. The molecule has 1 atom stereocenters. The van der Waals surface area contributed by atoms with Crippen molar-refractivity contribution in [2.24, 2.45) is 0 Å². The van der Waals surface area contributed by atoms with Crippen LogP contribution < -0.4 is 9.47 Å². The van der Waals surface area contributed by atoms with E-state index in [0.717, 1.165) is 5.56 Å². The number of nitrogens with zero attached hydrogens (tertiary/aromatic N) is 1. The summed E-state index contributed by atoms with van der Waals surface area (Å²) in [5.41, 5.74) is 2.13. The molecule has 1 saturated heterocycles. The van der Waals surface area contributed by atoms with Crippen LogP contribution in [-0.4, -0.2) is 55.2 Å². The Balaban J connectivity index is 2.15. The van der Waals surface area contributed by atoms with Gasteiger partial charge in [0.2, 0.25) is 0 Å². The Bertz CT molecular complexity index is 1060. The number of methoxy groups -OCH3 is 1. The lowest BCUT2D eigenvalue weighted by atomic mass is 9.94. The molecular formula is C26H29NO6. The molecule has 1 N–H and O–H groups in total. The quantitative estimate of drug-likeness (QED) is 0.254. The zero-order valence-electron chi connectivity index (χ0n) is 19.2. The number of ketones is 1. The second kappa shape index (κ2) is 10.8. The van der Waals surface area contributed by atoms with Crippen molar-refractivity contribution in [2.75, 3.05) is 33.5 Å². The van der Waals surface area contributed by atoms with E-state index < -0.39 is 17.7 Å². The molecule has 1 heterocycles. The number of hydrogen-bond donors (Lipinski definition) is 1. The molecule has 33 heavy (non-hydrogen) atoms. The van der Waals surface area contributed by atoms with Gasteiger partial charge in [0.25, 0.3) is 11.7 Å². The van der Waals surface area contributed by atoms with Gasteiger partial charge in [-0.05, 0) is 31.5 Å². The molecule has 1 aliphatic heterocycles. The number of carbonyl (C=O) groups is 2. The Morgan fingerprint density at radius 3 is 2.48 bits per heavy atom. The zero-order valence-corrected chi connectivity index (χ0v) is 19.2. The molecule has 174 valence electrons. The molecule has 1 amide bonds. The Morgan fingerprint density at radius 1 is 1.12 bits per heavy atom. The fraction of sp³-hybridized carbons (Fsp3) is 0.308. The van der Waals surface area contributed by atoms with Crippen LogP contribution >= 0.6 is 0 Å². The lowest BCUT2D eigenvalue weighted by Crippen LogP contribution is -2.32. The highest BCUT2D eigenvalue weighted by Crippen LogP contribution is 2.42. The van der Waals surface area contributed by atoms with E-state index in [4.69, 9.17) is 14.2 Å². The van der Waals surface area contributed by atoms with Crippen LogP contribution in [0.2, 0.25) is 0 Å². The number of benzene rings is 2. The lowest BCUT2D eigenvalue weighted by molar-refractivity contribution is -0.140. The summed E-state index contributed by atoms with van der Waals surface area (Å²) in [4.78, 5) is 27.4. The topological polar surface area (TPSA) is 85.3 Å². The largest absolute Gasteiger partial charge is 0.507 e. The third-order valence-electron chi connectivity index (χ3n) is 5.34. The van der Waals surface area contributed by atoms with E-state index in [9.17, 15) is 14.7 Å². The highest BCUT2D eigenvalue weighted by Gasteiger charge is 2.46. The van der Waals surface area contributed by atoms with E-state index >= 15 is 0 Å².